The van der Waals surface area contributed by atoms with E-state index in [2.05, 4.69) is 9.97 Å². The van der Waals surface area contributed by atoms with Crippen molar-refractivity contribution >= 4 is 0 Å². The van der Waals surface area contributed by atoms with Crippen molar-refractivity contribution in [3.63, 3.8) is 0 Å². The lowest BCUT2D eigenvalue weighted by Crippen LogP contribution is -1.94. The van der Waals surface area contributed by atoms with Gasteiger partial charge in [0.25, 0.3) is 0 Å². The molecule has 0 saturated heterocycles. The van der Waals surface area contributed by atoms with Crippen molar-refractivity contribution in [2.45, 2.75) is 13.5 Å². The van der Waals surface area contributed by atoms with Crippen molar-refractivity contribution in [3.05, 3.63) is 72.7 Å². The quantitative estimate of drug-likeness (QED) is 0.674. The molecule has 0 unspecified atom stereocenters. The highest BCUT2D eigenvalue weighted by Crippen LogP contribution is 2.30. The van der Waals surface area contributed by atoms with Crippen LogP contribution in [0, 0.1) is 0 Å². The van der Waals surface area contributed by atoms with Crippen LogP contribution >= 0.6 is 0 Å². The van der Waals surface area contributed by atoms with Gasteiger partial charge in [-0.05, 0) is 42.8 Å². The monoisotopic (exact) mass is 306 g/mol. The largest absolute Gasteiger partial charge is 0.438 e. The molecule has 0 fully saturated rings. The average molecular weight is 306 g/mol. The van der Waals surface area contributed by atoms with Crippen LogP contribution in [-0.2, 0) is 11.3 Å². The number of pyridine rings is 2. The molecular weight excluding hydrogens is 288 g/mol. The third kappa shape index (κ3) is 3.93. The van der Waals surface area contributed by atoms with Gasteiger partial charge in [0.15, 0.2) is 0 Å². The first-order chi connectivity index (χ1) is 11.4. The molecule has 4 nitrogen and oxygen atoms in total. The minimum atomic E-state index is 0.568. The average Bonchev–Trinajstić information content (AvgIpc) is 2.62. The van der Waals surface area contributed by atoms with E-state index in [0.29, 0.717) is 19.1 Å². The molecule has 0 aliphatic heterocycles. The minimum Gasteiger partial charge on any atom is -0.438 e. The topological polar surface area (TPSA) is 44.2 Å². The summed E-state index contributed by atoms with van der Waals surface area (Å²) in [5, 5.41) is 0. The van der Waals surface area contributed by atoms with Gasteiger partial charge in [-0.1, -0.05) is 18.2 Å². The van der Waals surface area contributed by atoms with E-state index in [1.54, 1.807) is 18.6 Å². The Morgan fingerprint density at radius 3 is 2.52 bits per heavy atom. The van der Waals surface area contributed by atoms with Crippen molar-refractivity contribution in [1.29, 1.82) is 0 Å². The smallest absolute Gasteiger partial charge is 0.227 e. The summed E-state index contributed by atoms with van der Waals surface area (Å²) < 4.78 is 11.3. The molecule has 1 aromatic carbocycles. The molecule has 0 aliphatic rings. The van der Waals surface area contributed by atoms with E-state index in [0.717, 1.165) is 22.4 Å². The van der Waals surface area contributed by atoms with Gasteiger partial charge in [0.1, 0.15) is 5.75 Å². The summed E-state index contributed by atoms with van der Waals surface area (Å²) in [4.78, 5) is 8.50. The predicted molar refractivity (Wildman–Crippen MR) is 89.3 cm³/mol. The molecule has 0 N–H and O–H groups in total. The Kier molecular flexibility index (Phi) is 4.96. The molecule has 0 bridgehead atoms. The van der Waals surface area contributed by atoms with Crippen LogP contribution in [0.5, 0.6) is 11.6 Å². The van der Waals surface area contributed by atoms with Crippen LogP contribution in [0.4, 0.5) is 0 Å². The van der Waals surface area contributed by atoms with E-state index in [1.807, 2.05) is 55.5 Å². The highest BCUT2D eigenvalue weighted by atomic mass is 16.5. The number of aromatic nitrogens is 2. The number of rotatable bonds is 6. The predicted octanol–water partition coefficient (Wildman–Crippen LogP) is 4.47. The second-order valence-corrected chi connectivity index (χ2v) is 4.98. The molecule has 2 aromatic heterocycles. The maximum atomic E-state index is 5.94. The zero-order valence-electron chi connectivity index (χ0n) is 13.0. The number of ether oxygens (including phenoxy) is 2. The first kappa shape index (κ1) is 15.2. The molecule has 23 heavy (non-hydrogen) atoms. The lowest BCUT2D eigenvalue weighted by molar-refractivity contribution is 0.134. The number of hydrogen-bond acceptors (Lipinski definition) is 4. The maximum Gasteiger partial charge on any atom is 0.227 e. The van der Waals surface area contributed by atoms with E-state index in [-0.39, 0.29) is 0 Å². The van der Waals surface area contributed by atoms with Gasteiger partial charge in [-0.3, -0.25) is 4.98 Å². The number of hydrogen-bond donors (Lipinski definition) is 0. The van der Waals surface area contributed by atoms with E-state index in [4.69, 9.17) is 9.47 Å². The van der Waals surface area contributed by atoms with Crippen LogP contribution in [0.3, 0.4) is 0 Å². The summed E-state index contributed by atoms with van der Waals surface area (Å²) in [7, 11) is 0. The van der Waals surface area contributed by atoms with Gasteiger partial charge in [0.2, 0.25) is 5.88 Å². The second kappa shape index (κ2) is 7.51. The second-order valence-electron chi connectivity index (χ2n) is 4.98. The summed E-state index contributed by atoms with van der Waals surface area (Å²) >= 11 is 0. The van der Waals surface area contributed by atoms with Crippen LogP contribution < -0.4 is 4.74 Å². The fourth-order valence-electron chi connectivity index (χ4n) is 2.20. The highest BCUT2D eigenvalue weighted by molar-refractivity contribution is 5.67. The molecule has 116 valence electrons. The van der Waals surface area contributed by atoms with Gasteiger partial charge in [-0.25, -0.2) is 4.98 Å². The fraction of sp³-hybridized carbons (Fsp3) is 0.158. The molecular formula is C19H18N2O2. The van der Waals surface area contributed by atoms with Crippen LogP contribution in [0.25, 0.3) is 11.1 Å². The number of benzene rings is 1. The van der Waals surface area contributed by atoms with Crippen molar-refractivity contribution in [2.75, 3.05) is 6.61 Å². The molecule has 0 atom stereocenters. The summed E-state index contributed by atoms with van der Waals surface area (Å²) in [5.41, 5.74) is 3.01. The zero-order valence-corrected chi connectivity index (χ0v) is 13.0. The molecule has 3 aromatic rings. The summed E-state index contributed by atoms with van der Waals surface area (Å²) in [6.45, 7) is 3.31. The standard InChI is InChI=1S/C19H18N2O2/c1-2-22-14-15-7-9-17(10-8-15)23-19-18(6-4-12-21-19)16-5-3-11-20-13-16/h3-13H,2,14H2,1H3. The van der Waals surface area contributed by atoms with Crippen molar-refractivity contribution in [3.8, 4) is 22.8 Å². The molecule has 0 radical (unpaired) electrons. The first-order valence-corrected chi connectivity index (χ1v) is 7.57. The third-order valence-corrected chi connectivity index (χ3v) is 3.35. The normalized spacial score (nSPS) is 10.5. The van der Waals surface area contributed by atoms with Gasteiger partial charge >= 0.3 is 0 Å². The fourth-order valence-corrected chi connectivity index (χ4v) is 2.20. The Morgan fingerprint density at radius 1 is 0.957 bits per heavy atom. The Hall–Kier alpha value is -2.72. The van der Waals surface area contributed by atoms with Crippen molar-refractivity contribution < 1.29 is 9.47 Å². The first-order valence-electron chi connectivity index (χ1n) is 7.57. The minimum absolute atomic E-state index is 0.568. The molecule has 3 rings (SSSR count). The summed E-state index contributed by atoms with van der Waals surface area (Å²) in [6, 6.07) is 15.6. The molecule has 2 heterocycles. The lowest BCUT2D eigenvalue weighted by Gasteiger charge is -2.10. The van der Waals surface area contributed by atoms with E-state index in [1.165, 1.54) is 0 Å². The summed E-state index contributed by atoms with van der Waals surface area (Å²) in [5.74, 6) is 1.31. The van der Waals surface area contributed by atoms with Gasteiger partial charge in [0.05, 0.1) is 6.61 Å². The molecule has 0 aliphatic carbocycles. The Bertz CT molecular complexity index is 743. The van der Waals surface area contributed by atoms with Gasteiger partial charge < -0.3 is 9.47 Å². The van der Waals surface area contributed by atoms with E-state index < -0.39 is 0 Å². The van der Waals surface area contributed by atoms with Crippen molar-refractivity contribution in [2.24, 2.45) is 0 Å². The van der Waals surface area contributed by atoms with Gasteiger partial charge in [-0.2, -0.15) is 0 Å². The SMILES string of the molecule is CCOCc1ccc(Oc2ncccc2-c2cccnc2)cc1. The van der Waals surface area contributed by atoms with Crippen LogP contribution in [0.15, 0.2) is 67.1 Å². The van der Waals surface area contributed by atoms with E-state index >= 15 is 0 Å². The molecule has 0 amide bonds. The van der Waals surface area contributed by atoms with Crippen LogP contribution in [0.1, 0.15) is 12.5 Å². The highest BCUT2D eigenvalue weighted by Gasteiger charge is 2.08. The number of nitrogens with zero attached hydrogens (tertiary/aromatic N) is 2. The molecule has 0 saturated carbocycles. The molecule has 0 spiro atoms. The maximum absolute atomic E-state index is 5.94. The third-order valence-electron chi connectivity index (χ3n) is 3.35. The van der Waals surface area contributed by atoms with Gasteiger partial charge in [-0.15, -0.1) is 0 Å². The van der Waals surface area contributed by atoms with Crippen molar-refractivity contribution in [1.82, 2.24) is 9.97 Å². The van der Waals surface area contributed by atoms with Gasteiger partial charge in [0, 0.05) is 36.3 Å². The lowest BCUT2D eigenvalue weighted by atomic mass is 10.1. The van der Waals surface area contributed by atoms with Crippen LogP contribution in [-0.4, -0.2) is 16.6 Å². The Balaban J connectivity index is 1.81. The Labute approximate surface area is 135 Å². The van der Waals surface area contributed by atoms with E-state index in [9.17, 15) is 0 Å². The van der Waals surface area contributed by atoms with Crippen LogP contribution in [0.2, 0.25) is 0 Å². The molecule has 4 heteroatoms. The zero-order chi connectivity index (χ0) is 15.9. The summed E-state index contributed by atoms with van der Waals surface area (Å²) in [6.07, 6.45) is 5.27. The Morgan fingerprint density at radius 2 is 1.78 bits per heavy atom.